The van der Waals surface area contributed by atoms with Crippen molar-refractivity contribution >= 4 is 5.97 Å². The summed E-state index contributed by atoms with van der Waals surface area (Å²) in [6.45, 7) is 1.33. The number of hydrogen-bond acceptors (Lipinski definition) is 3. The fourth-order valence-electron chi connectivity index (χ4n) is 0.937. The smallest absolute Gasteiger partial charge is 0.307 e. The van der Waals surface area contributed by atoms with E-state index in [9.17, 15) is 4.79 Å². The van der Waals surface area contributed by atoms with Crippen LogP contribution in [0.1, 0.15) is 19.8 Å². The van der Waals surface area contributed by atoms with E-state index in [4.69, 9.17) is 9.84 Å². The molecule has 0 heterocycles. The number of carbonyl (C=O) groups excluding carboxylic acids is 1. The van der Waals surface area contributed by atoms with Crippen LogP contribution in [0.25, 0.3) is 0 Å². The van der Waals surface area contributed by atoms with Crippen LogP contribution in [0.3, 0.4) is 0 Å². The van der Waals surface area contributed by atoms with Crippen molar-refractivity contribution in [1.82, 2.24) is 0 Å². The Morgan fingerprint density at radius 3 is 3.00 bits per heavy atom. The van der Waals surface area contributed by atoms with Crippen molar-refractivity contribution in [2.45, 2.75) is 25.9 Å². The highest BCUT2D eigenvalue weighted by Crippen LogP contribution is 2.19. The molecule has 1 atom stereocenters. The third-order valence-corrected chi connectivity index (χ3v) is 1.38. The maximum atomic E-state index is 10.4. The van der Waals surface area contributed by atoms with E-state index in [1.54, 1.807) is 6.08 Å². The highest BCUT2D eigenvalue weighted by atomic mass is 16.5. The maximum absolute atomic E-state index is 10.4. The quantitative estimate of drug-likeness (QED) is 0.545. The summed E-state index contributed by atoms with van der Waals surface area (Å²) < 4.78 is 4.70. The van der Waals surface area contributed by atoms with Gasteiger partial charge in [0.1, 0.15) is 11.9 Å². The predicted octanol–water partition coefficient (Wildman–Crippen LogP) is 0.588. The van der Waals surface area contributed by atoms with Gasteiger partial charge in [0, 0.05) is 6.92 Å². The minimum atomic E-state index is -0.566. The van der Waals surface area contributed by atoms with Gasteiger partial charge in [0.25, 0.3) is 0 Å². The molecule has 0 spiro atoms. The molecule has 1 N–H and O–H groups in total. The summed E-state index contributed by atoms with van der Waals surface area (Å²) in [7, 11) is 0. The number of esters is 1. The second-order valence-corrected chi connectivity index (χ2v) is 2.29. The van der Waals surface area contributed by atoms with Crippen molar-refractivity contribution in [2.75, 3.05) is 0 Å². The molecule has 0 aliphatic heterocycles. The van der Waals surface area contributed by atoms with Crippen LogP contribution in [0.5, 0.6) is 0 Å². The van der Waals surface area contributed by atoms with E-state index in [1.165, 1.54) is 6.92 Å². The summed E-state index contributed by atoms with van der Waals surface area (Å²) in [5.74, 6) is 0.0414. The monoisotopic (exact) mass is 142 g/mol. The fraction of sp³-hybridized carbons (Fsp3) is 0.571. The Morgan fingerprint density at radius 2 is 2.60 bits per heavy atom. The second-order valence-electron chi connectivity index (χ2n) is 2.29. The highest BCUT2D eigenvalue weighted by Gasteiger charge is 2.18. The number of rotatable bonds is 1. The topological polar surface area (TPSA) is 46.5 Å². The minimum Gasteiger partial charge on any atom is -0.429 e. The molecule has 1 rings (SSSR count). The van der Waals surface area contributed by atoms with Gasteiger partial charge in [0.2, 0.25) is 0 Å². The van der Waals surface area contributed by atoms with Crippen molar-refractivity contribution in [2.24, 2.45) is 0 Å². The Labute approximate surface area is 59.3 Å². The van der Waals surface area contributed by atoms with Gasteiger partial charge in [-0.2, -0.15) is 0 Å². The molecule has 0 aromatic rings. The molecule has 1 aliphatic rings. The molecule has 0 aromatic carbocycles. The van der Waals surface area contributed by atoms with Crippen LogP contribution in [-0.4, -0.2) is 17.2 Å². The van der Waals surface area contributed by atoms with Gasteiger partial charge in [-0.3, -0.25) is 4.79 Å². The van der Waals surface area contributed by atoms with E-state index in [0.717, 1.165) is 6.42 Å². The Bertz CT molecular complexity index is 172. The summed E-state index contributed by atoms with van der Waals surface area (Å²) >= 11 is 0. The number of hydrogen-bond donors (Lipinski definition) is 1. The summed E-state index contributed by atoms with van der Waals surface area (Å²) in [6, 6.07) is 0. The lowest BCUT2D eigenvalue weighted by atomic mass is 10.3. The van der Waals surface area contributed by atoms with Crippen molar-refractivity contribution in [3.63, 3.8) is 0 Å². The van der Waals surface area contributed by atoms with Gasteiger partial charge in [-0.05, 0) is 18.9 Å². The summed E-state index contributed by atoms with van der Waals surface area (Å²) in [5, 5.41) is 9.09. The molecule has 0 radical (unpaired) electrons. The zero-order valence-electron chi connectivity index (χ0n) is 5.83. The molecule has 0 bridgehead atoms. The first-order valence-corrected chi connectivity index (χ1v) is 3.26. The predicted molar refractivity (Wildman–Crippen MR) is 35.1 cm³/mol. The lowest BCUT2D eigenvalue weighted by molar-refractivity contribution is -0.138. The van der Waals surface area contributed by atoms with Gasteiger partial charge in [-0.15, -0.1) is 0 Å². The van der Waals surface area contributed by atoms with Crippen LogP contribution in [0, 0.1) is 0 Å². The van der Waals surface area contributed by atoms with Gasteiger partial charge < -0.3 is 9.84 Å². The molecule has 3 nitrogen and oxygen atoms in total. The molecular weight excluding hydrogens is 132 g/mol. The SMILES string of the molecule is CC(=O)OC1=CCCC1O. The molecule has 0 saturated carbocycles. The maximum Gasteiger partial charge on any atom is 0.307 e. The van der Waals surface area contributed by atoms with Gasteiger partial charge in [0.05, 0.1) is 0 Å². The highest BCUT2D eigenvalue weighted by molar-refractivity contribution is 5.67. The number of aliphatic hydroxyl groups is 1. The van der Waals surface area contributed by atoms with E-state index in [-0.39, 0.29) is 5.97 Å². The summed E-state index contributed by atoms with van der Waals surface area (Å²) in [5.41, 5.74) is 0. The van der Waals surface area contributed by atoms with Crippen LogP contribution in [0.2, 0.25) is 0 Å². The van der Waals surface area contributed by atoms with Crippen molar-refractivity contribution in [3.05, 3.63) is 11.8 Å². The minimum absolute atomic E-state index is 0.368. The Kier molecular flexibility index (Phi) is 2.06. The average molecular weight is 142 g/mol. The van der Waals surface area contributed by atoms with E-state index in [1.807, 2.05) is 0 Å². The Balaban J connectivity index is 2.47. The van der Waals surface area contributed by atoms with Gasteiger partial charge in [0.15, 0.2) is 0 Å². The van der Waals surface area contributed by atoms with E-state index in [0.29, 0.717) is 12.2 Å². The Hall–Kier alpha value is -0.830. The van der Waals surface area contributed by atoms with Gasteiger partial charge >= 0.3 is 5.97 Å². The molecule has 56 valence electrons. The van der Waals surface area contributed by atoms with Crippen LogP contribution < -0.4 is 0 Å². The fourth-order valence-corrected chi connectivity index (χ4v) is 0.937. The number of ether oxygens (including phenoxy) is 1. The first-order chi connectivity index (χ1) is 4.70. The zero-order valence-corrected chi connectivity index (χ0v) is 5.83. The molecule has 1 aliphatic carbocycles. The van der Waals surface area contributed by atoms with Gasteiger partial charge in [-0.1, -0.05) is 0 Å². The molecule has 1 unspecified atom stereocenters. The third kappa shape index (κ3) is 1.57. The molecule has 0 fully saturated rings. The number of carbonyl (C=O) groups is 1. The van der Waals surface area contributed by atoms with Crippen LogP contribution >= 0.6 is 0 Å². The number of allylic oxidation sites excluding steroid dienone is 1. The molecule has 0 amide bonds. The first-order valence-electron chi connectivity index (χ1n) is 3.26. The molecule has 0 saturated heterocycles. The molecular formula is C7H10O3. The van der Waals surface area contributed by atoms with Crippen molar-refractivity contribution < 1.29 is 14.6 Å². The van der Waals surface area contributed by atoms with E-state index < -0.39 is 6.10 Å². The number of aliphatic hydroxyl groups excluding tert-OH is 1. The second kappa shape index (κ2) is 2.84. The van der Waals surface area contributed by atoms with E-state index in [2.05, 4.69) is 0 Å². The van der Waals surface area contributed by atoms with Crippen LogP contribution in [-0.2, 0) is 9.53 Å². The lowest BCUT2D eigenvalue weighted by Crippen LogP contribution is -2.10. The van der Waals surface area contributed by atoms with Crippen LogP contribution in [0.4, 0.5) is 0 Å². The molecule has 10 heavy (non-hydrogen) atoms. The Morgan fingerprint density at radius 1 is 1.90 bits per heavy atom. The largest absolute Gasteiger partial charge is 0.429 e. The molecule has 0 aromatic heterocycles. The van der Waals surface area contributed by atoms with Crippen molar-refractivity contribution in [1.29, 1.82) is 0 Å². The lowest BCUT2D eigenvalue weighted by Gasteiger charge is -2.05. The molecule has 3 heteroatoms. The van der Waals surface area contributed by atoms with Crippen LogP contribution in [0.15, 0.2) is 11.8 Å². The van der Waals surface area contributed by atoms with Gasteiger partial charge in [-0.25, -0.2) is 0 Å². The summed E-state index contributed by atoms with van der Waals surface area (Å²) in [4.78, 5) is 10.4. The first kappa shape index (κ1) is 7.28. The van der Waals surface area contributed by atoms with E-state index >= 15 is 0 Å². The normalized spacial score (nSPS) is 24.2. The zero-order chi connectivity index (χ0) is 7.56. The van der Waals surface area contributed by atoms with Crippen molar-refractivity contribution in [3.8, 4) is 0 Å². The standard InChI is InChI=1S/C7H10O3/c1-5(8)10-7-4-2-3-6(7)9/h4,6,9H,2-3H2,1H3. The third-order valence-electron chi connectivity index (χ3n) is 1.38. The average Bonchev–Trinajstić information content (AvgIpc) is 2.15. The summed E-state index contributed by atoms with van der Waals surface area (Å²) in [6.07, 6.45) is 2.64.